The summed E-state index contributed by atoms with van der Waals surface area (Å²) < 4.78 is 32.5. The third kappa shape index (κ3) is 11.4. The minimum Gasteiger partial charge on any atom is -0.497 e. The van der Waals surface area contributed by atoms with Crippen LogP contribution in [0.5, 0.6) is 0 Å². The highest BCUT2D eigenvalue weighted by atomic mass is 31.2. The maximum Gasteiger partial charge on any atom is 0.334 e. The fourth-order valence-electron chi connectivity index (χ4n) is 1.81. The van der Waals surface area contributed by atoms with E-state index in [-0.39, 0.29) is 50.3 Å². The van der Waals surface area contributed by atoms with Crippen LogP contribution in [0.15, 0.2) is 23.7 Å². The van der Waals surface area contributed by atoms with E-state index in [9.17, 15) is 19.0 Å². The molecule has 0 unspecified atom stereocenters. The second-order valence-electron chi connectivity index (χ2n) is 4.75. The molecule has 0 aliphatic heterocycles. The molecule has 0 saturated heterocycles. The maximum atomic E-state index is 12.5. The summed E-state index contributed by atoms with van der Waals surface area (Å²) in [5.74, 6) is -1.23. The van der Waals surface area contributed by atoms with Gasteiger partial charge in [-0.2, -0.15) is 0 Å². The quantitative estimate of drug-likeness (QED) is 0.238. The van der Waals surface area contributed by atoms with E-state index in [0.717, 1.165) is 12.2 Å². The average Bonchev–Trinajstić information content (AvgIpc) is 2.46. The second-order valence-corrected chi connectivity index (χ2v) is 7.08. The Labute approximate surface area is 148 Å². The molecule has 9 heteroatoms. The Hall–Kier alpha value is -1.79. The van der Waals surface area contributed by atoms with Crippen LogP contribution in [0.3, 0.4) is 0 Å². The van der Waals surface area contributed by atoms with E-state index in [0.29, 0.717) is 0 Å². The minimum atomic E-state index is -3.82. The van der Waals surface area contributed by atoms with Gasteiger partial charge in [0.05, 0.1) is 50.9 Å². The fraction of sp³-hybridized carbons (Fsp3) is 0.625. The van der Waals surface area contributed by atoms with Crippen molar-refractivity contribution in [2.45, 2.75) is 27.7 Å². The van der Waals surface area contributed by atoms with Gasteiger partial charge in [0.1, 0.15) is 11.5 Å². The first-order valence-corrected chi connectivity index (χ1v) is 10.1. The molecule has 0 saturated carbocycles. The molecule has 0 amide bonds. The van der Waals surface area contributed by atoms with E-state index >= 15 is 0 Å². The molecule has 0 radical (unpaired) electrons. The van der Waals surface area contributed by atoms with Crippen LogP contribution in [0.25, 0.3) is 0 Å². The van der Waals surface area contributed by atoms with Crippen molar-refractivity contribution in [1.82, 2.24) is 0 Å². The summed E-state index contributed by atoms with van der Waals surface area (Å²) in [7, 11) is -3.82. The van der Waals surface area contributed by atoms with E-state index < -0.39 is 19.3 Å². The van der Waals surface area contributed by atoms with Gasteiger partial charge in [0.15, 0.2) is 0 Å². The standard InChI is InChI=1S/C16H27O8P/c1-5-21-13(9-15(17)23-7-3)11-25(19,20)12-14(22-6-2)10-16(18)24-8-4/h9-10H,5-8,11-12H2,1-4H3,(H,19,20)/b13-9-,14-10-. The first kappa shape index (κ1) is 23.2. The van der Waals surface area contributed by atoms with Crippen LogP contribution in [0.1, 0.15) is 27.7 Å². The Kier molecular flexibility index (Phi) is 11.7. The van der Waals surface area contributed by atoms with E-state index in [1.807, 2.05) is 0 Å². The molecule has 0 spiro atoms. The van der Waals surface area contributed by atoms with Crippen molar-refractivity contribution < 1.29 is 38.0 Å². The average molecular weight is 378 g/mol. The lowest BCUT2D eigenvalue weighted by atomic mass is 10.4. The van der Waals surface area contributed by atoms with Crippen molar-refractivity contribution in [3.63, 3.8) is 0 Å². The first-order valence-electron chi connectivity index (χ1n) is 8.08. The van der Waals surface area contributed by atoms with Crippen LogP contribution >= 0.6 is 7.37 Å². The number of rotatable bonds is 12. The number of hydrogen-bond donors (Lipinski definition) is 1. The normalized spacial score (nSPS) is 12.5. The molecule has 144 valence electrons. The van der Waals surface area contributed by atoms with Crippen LogP contribution in [-0.4, -0.2) is 55.6 Å². The molecule has 0 heterocycles. The Morgan fingerprint density at radius 2 is 1.08 bits per heavy atom. The zero-order valence-corrected chi connectivity index (χ0v) is 16.0. The van der Waals surface area contributed by atoms with Crippen molar-refractivity contribution in [2.24, 2.45) is 0 Å². The van der Waals surface area contributed by atoms with Gasteiger partial charge in [-0.15, -0.1) is 0 Å². The highest BCUT2D eigenvalue weighted by molar-refractivity contribution is 7.58. The first-order chi connectivity index (χ1) is 11.8. The smallest absolute Gasteiger partial charge is 0.334 e. The third-order valence-corrected chi connectivity index (χ3v) is 4.21. The SMILES string of the molecule is CCOC(=O)/C=C(/CP(=O)(O)C/C(=C/C(=O)OCC)OCC)OCC. The van der Waals surface area contributed by atoms with Crippen molar-refractivity contribution >= 4 is 19.3 Å². The van der Waals surface area contributed by atoms with Crippen LogP contribution in [0.4, 0.5) is 0 Å². The van der Waals surface area contributed by atoms with Crippen LogP contribution in [0, 0.1) is 0 Å². The summed E-state index contributed by atoms with van der Waals surface area (Å²) >= 11 is 0. The van der Waals surface area contributed by atoms with Gasteiger partial charge in [-0.25, -0.2) is 9.59 Å². The van der Waals surface area contributed by atoms with Gasteiger partial charge in [-0.1, -0.05) is 0 Å². The van der Waals surface area contributed by atoms with Crippen LogP contribution < -0.4 is 0 Å². The summed E-state index contributed by atoms with van der Waals surface area (Å²) in [5.41, 5.74) is 0. The Morgan fingerprint density at radius 1 is 0.760 bits per heavy atom. The summed E-state index contributed by atoms with van der Waals surface area (Å²) in [6, 6.07) is 0. The highest BCUT2D eigenvalue weighted by Gasteiger charge is 2.25. The largest absolute Gasteiger partial charge is 0.497 e. The van der Waals surface area contributed by atoms with Gasteiger partial charge in [0, 0.05) is 0 Å². The zero-order valence-electron chi connectivity index (χ0n) is 15.1. The van der Waals surface area contributed by atoms with Gasteiger partial charge < -0.3 is 23.8 Å². The molecule has 8 nitrogen and oxygen atoms in total. The Morgan fingerprint density at radius 3 is 1.36 bits per heavy atom. The second kappa shape index (κ2) is 12.6. The van der Waals surface area contributed by atoms with E-state index in [1.165, 1.54) is 0 Å². The van der Waals surface area contributed by atoms with Crippen molar-refractivity contribution in [3.05, 3.63) is 23.7 Å². The number of allylic oxidation sites excluding steroid dienone is 2. The molecular weight excluding hydrogens is 351 g/mol. The zero-order chi connectivity index (χ0) is 19.3. The minimum absolute atomic E-state index is 0.0405. The van der Waals surface area contributed by atoms with Gasteiger partial charge in [-0.3, -0.25) is 4.57 Å². The van der Waals surface area contributed by atoms with E-state index in [1.54, 1.807) is 27.7 Å². The highest BCUT2D eigenvalue weighted by Crippen LogP contribution is 2.44. The number of ether oxygens (including phenoxy) is 4. The maximum absolute atomic E-state index is 12.5. The monoisotopic (exact) mass is 378 g/mol. The Bertz CT molecular complexity index is 494. The van der Waals surface area contributed by atoms with Gasteiger partial charge in [0.2, 0.25) is 7.37 Å². The van der Waals surface area contributed by atoms with Gasteiger partial charge in [0.25, 0.3) is 0 Å². The summed E-state index contributed by atoms with van der Waals surface area (Å²) in [5, 5.41) is 0. The van der Waals surface area contributed by atoms with Gasteiger partial charge in [-0.05, 0) is 27.7 Å². The lowest BCUT2D eigenvalue weighted by Crippen LogP contribution is -2.10. The van der Waals surface area contributed by atoms with E-state index in [4.69, 9.17) is 18.9 Å². The lowest BCUT2D eigenvalue weighted by Gasteiger charge is -2.16. The molecular formula is C16H27O8P. The molecule has 0 aromatic heterocycles. The number of carbonyl (C=O) groups is 2. The lowest BCUT2D eigenvalue weighted by molar-refractivity contribution is -0.138. The summed E-state index contributed by atoms with van der Waals surface area (Å²) in [6.45, 7) is 7.49. The van der Waals surface area contributed by atoms with Crippen molar-refractivity contribution in [2.75, 3.05) is 38.8 Å². The molecule has 0 aromatic carbocycles. The van der Waals surface area contributed by atoms with Crippen LogP contribution in [-0.2, 0) is 33.1 Å². The summed E-state index contributed by atoms with van der Waals surface area (Å²) in [6.07, 6.45) is 1.33. The molecule has 25 heavy (non-hydrogen) atoms. The molecule has 0 aliphatic rings. The van der Waals surface area contributed by atoms with Crippen LogP contribution in [0.2, 0.25) is 0 Å². The number of hydrogen-bond acceptors (Lipinski definition) is 7. The topological polar surface area (TPSA) is 108 Å². The molecule has 0 bridgehead atoms. The molecule has 1 N–H and O–H groups in total. The molecule has 0 aliphatic carbocycles. The molecule has 0 fully saturated rings. The Balaban J connectivity index is 5.18. The molecule has 0 aromatic rings. The fourth-order valence-corrected chi connectivity index (χ4v) is 3.26. The van der Waals surface area contributed by atoms with Crippen molar-refractivity contribution in [3.8, 4) is 0 Å². The molecule has 0 atom stereocenters. The van der Waals surface area contributed by atoms with Crippen molar-refractivity contribution in [1.29, 1.82) is 0 Å². The number of esters is 2. The predicted molar refractivity (Wildman–Crippen MR) is 92.2 cm³/mol. The predicted octanol–water partition coefficient (Wildman–Crippen LogP) is 2.22. The van der Waals surface area contributed by atoms with E-state index in [2.05, 4.69) is 0 Å². The molecule has 0 rings (SSSR count). The van der Waals surface area contributed by atoms with Gasteiger partial charge >= 0.3 is 11.9 Å². The third-order valence-electron chi connectivity index (χ3n) is 2.60. The summed E-state index contributed by atoms with van der Waals surface area (Å²) in [4.78, 5) is 33.2. The number of carbonyl (C=O) groups excluding carboxylic acids is 2.